The summed E-state index contributed by atoms with van der Waals surface area (Å²) in [5.74, 6) is 1.64. The predicted molar refractivity (Wildman–Crippen MR) is 111 cm³/mol. The molecule has 1 heterocycles. The van der Waals surface area contributed by atoms with Crippen molar-refractivity contribution in [3.05, 3.63) is 52.5 Å². The van der Waals surface area contributed by atoms with Crippen LogP contribution in [0.2, 0.25) is 5.02 Å². The number of fused-ring (bicyclic) bond motifs is 1. The summed E-state index contributed by atoms with van der Waals surface area (Å²) in [7, 11) is 0. The summed E-state index contributed by atoms with van der Waals surface area (Å²) in [5.41, 5.74) is 2.93. The van der Waals surface area contributed by atoms with Gasteiger partial charge in [-0.2, -0.15) is 0 Å². The molecule has 6 heteroatoms. The van der Waals surface area contributed by atoms with E-state index >= 15 is 0 Å². The van der Waals surface area contributed by atoms with Crippen LogP contribution < -0.4 is 14.4 Å². The highest BCUT2D eigenvalue weighted by Gasteiger charge is 2.23. The first-order valence-electron chi connectivity index (χ1n) is 9.58. The van der Waals surface area contributed by atoms with Gasteiger partial charge >= 0.3 is 6.16 Å². The Kier molecular flexibility index (Phi) is 6.35. The number of benzene rings is 2. The normalized spacial score (nSPS) is 14.5. The van der Waals surface area contributed by atoms with Crippen LogP contribution >= 0.6 is 11.6 Å². The minimum Gasteiger partial charge on any atom is -0.490 e. The minimum absolute atomic E-state index is 0.0872. The summed E-state index contributed by atoms with van der Waals surface area (Å²) in [6, 6.07) is 11.2. The quantitative estimate of drug-likeness (QED) is 0.489. The first-order valence-corrected chi connectivity index (χ1v) is 9.95. The monoisotopic (exact) mass is 403 g/mol. The number of halogens is 1. The summed E-state index contributed by atoms with van der Waals surface area (Å²) >= 11 is 6.26. The molecule has 0 spiro atoms. The molecule has 1 aliphatic heterocycles. The molecule has 0 radical (unpaired) electrons. The van der Waals surface area contributed by atoms with E-state index in [9.17, 15) is 4.79 Å². The number of nitrogens with zero attached hydrogens (tertiary/aromatic N) is 1. The van der Waals surface area contributed by atoms with Crippen molar-refractivity contribution in [3.8, 4) is 11.5 Å². The number of rotatable bonds is 6. The molecular formula is C22H26ClNO4. The molecule has 1 unspecified atom stereocenters. The molecular weight excluding hydrogens is 378 g/mol. The fourth-order valence-corrected chi connectivity index (χ4v) is 3.55. The van der Waals surface area contributed by atoms with Crippen LogP contribution in [0.1, 0.15) is 38.3 Å². The molecule has 2 aromatic rings. The van der Waals surface area contributed by atoms with Crippen LogP contribution in [0.4, 0.5) is 10.5 Å². The maximum Gasteiger partial charge on any atom is 0.511 e. The van der Waals surface area contributed by atoms with Crippen molar-refractivity contribution >= 4 is 23.4 Å². The molecule has 0 aromatic heterocycles. The van der Waals surface area contributed by atoms with Crippen LogP contribution in [0.3, 0.4) is 0 Å². The first-order chi connectivity index (χ1) is 13.3. The zero-order chi connectivity index (χ0) is 20.3. The van der Waals surface area contributed by atoms with Crippen molar-refractivity contribution in [2.75, 3.05) is 11.4 Å². The Morgan fingerprint density at radius 2 is 2.00 bits per heavy atom. The van der Waals surface area contributed by atoms with E-state index in [4.69, 9.17) is 26.2 Å². The molecule has 1 aliphatic rings. The zero-order valence-electron chi connectivity index (χ0n) is 16.4. The molecule has 2 aromatic carbocycles. The van der Waals surface area contributed by atoms with Gasteiger partial charge in [-0.15, -0.1) is 0 Å². The minimum atomic E-state index is -1.29. The summed E-state index contributed by atoms with van der Waals surface area (Å²) in [4.78, 5) is 13.2. The fraction of sp³-hybridized carbons (Fsp3) is 0.409. The van der Waals surface area contributed by atoms with E-state index in [1.165, 1.54) is 0 Å². The summed E-state index contributed by atoms with van der Waals surface area (Å²) in [6.07, 6.45) is 0.507. The van der Waals surface area contributed by atoms with Crippen molar-refractivity contribution < 1.29 is 19.4 Å². The van der Waals surface area contributed by atoms with Crippen molar-refractivity contribution in [3.63, 3.8) is 0 Å². The lowest BCUT2D eigenvalue weighted by molar-refractivity contribution is 0.144. The van der Waals surface area contributed by atoms with Crippen molar-refractivity contribution in [1.82, 2.24) is 0 Å². The second kappa shape index (κ2) is 8.74. The Morgan fingerprint density at radius 1 is 1.21 bits per heavy atom. The maximum atomic E-state index is 11.0. The van der Waals surface area contributed by atoms with Gasteiger partial charge in [-0.3, -0.25) is 0 Å². The predicted octanol–water partition coefficient (Wildman–Crippen LogP) is 5.77. The molecule has 0 saturated heterocycles. The van der Waals surface area contributed by atoms with Crippen molar-refractivity contribution in [2.24, 2.45) is 5.92 Å². The number of hydrogen-bond acceptors (Lipinski definition) is 4. The highest BCUT2D eigenvalue weighted by molar-refractivity contribution is 6.30. The highest BCUT2D eigenvalue weighted by atomic mass is 35.5. The van der Waals surface area contributed by atoms with Gasteiger partial charge in [-0.25, -0.2) is 4.79 Å². The van der Waals surface area contributed by atoms with Crippen LogP contribution in [0.15, 0.2) is 36.4 Å². The molecule has 0 fully saturated rings. The average molecular weight is 404 g/mol. The molecule has 150 valence electrons. The third kappa shape index (κ3) is 4.71. The van der Waals surface area contributed by atoms with Gasteiger partial charge in [0.05, 0.1) is 6.10 Å². The lowest BCUT2D eigenvalue weighted by atomic mass is 9.99. The molecule has 3 rings (SSSR count). The van der Waals surface area contributed by atoms with Gasteiger partial charge in [-0.1, -0.05) is 31.5 Å². The molecule has 5 nitrogen and oxygen atoms in total. The van der Waals surface area contributed by atoms with Crippen LogP contribution in [0, 0.1) is 5.92 Å². The third-order valence-electron chi connectivity index (χ3n) is 5.14. The average Bonchev–Trinajstić information content (AvgIpc) is 2.64. The van der Waals surface area contributed by atoms with Crippen molar-refractivity contribution in [1.29, 1.82) is 0 Å². The van der Waals surface area contributed by atoms with Crippen LogP contribution in [-0.2, 0) is 13.0 Å². The Labute approximate surface area is 170 Å². The van der Waals surface area contributed by atoms with E-state index in [0.29, 0.717) is 23.2 Å². The molecule has 0 bridgehead atoms. The molecule has 28 heavy (non-hydrogen) atoms. The largest absolute Gasteiger partial charge is 0.511 e. The van der Waals surface area contributed by atoms with E-state index in [2.05, 4.69) is 25.7 Å². The van der Waals surface area contributed by atoms with Gasteiger partial charge in [0.1, 0.15) is 11.5 Å². The molecule has 0 aliphatic carbocycles. The molecule has 1 N–H and O–H groups in total. The number of carbonyl (C=O) groups is 1. The second-order valence-electron chi connectivity index (χ2n) is 7.47. The smallest absolute Gasteiger partial charge is 0.490 e. The van der Waals surface area contributed by atoms with Crippen molar-refractivity contribution in [2.45, 2.75) is 46.3 Å². The number of hydrogen-bond donors (Lipinski definition) is 1. The molecule has 0 saturated carbocycles. The number of anilines is 1. The lowest BCUT2D eigenvalue weighted by Crippen LogP contribution is -2.30. The number of carboxylic acid groups (broad SMARTS) is 1. The standard InChI is InChI=1S/C22H26ClNO4/c1-14(2)15(3)27-20-10-9-17(23)12-16(20)13-24-11-5-6-18-19(24)7-4-8-21(18)28-22(25)26/h4,7-10,12,14-15H,5-6,11,13H2,1-3H3,(H,25,26). The van der Waals surface area contributed by atoms with Gasteiger partial charge in [0.15, 0.2) is 0 Å². The SMILES string of the molecule is CC(C)C(C)Oc1ccc(Cl)cc1CN1CCCc2c(OC(=O)O)cccc21. The Morgan fingerprint density at radius 3 is 2.71 bits per heavy atom. The zero-order valence-corrected chi connectivity index (χ0v) is 17.2. The lowest BCUT2D eigenvalue weighted by Gasteiger charge is -2.33. The van der Waals surface area contributed by atoms with Gasteiger partial charge in [0.25, 0.3) is 0 Å². The highest BCUT2D eigenvalue weighted by Crippen LogP contribution is 2.36. The van der Waals surface area contributed by atoms with Crippen LogP contribution in [0.5, 0.6) is 11.5 Å². The third-order valence-corrected chi connectivity index (χ3v) is 5.37. The summed E-state index contributed by atoms with van der Waals surface area (Å²) in [5, 5.41) is 9.66. The second-order valence-corrected chi connectivity index (χ2v) is 7.90. The Hall–Kier alpha value is -2.40. The van der Waals surface area contributed by atoms with Gasteiger partial charge in [0.2, 0.25) is 0 Å². The van der Waals surface area contributed by atoms with Gasteiger partial charge < -0.3 is 19.5 Å². The first kappa shape index (κ1) is 20.3. The van der Waals surface area contributed by atoms with E-state index < -0.39 is 6.16 Å². The summed E-state index contributed by atoms with van der Waals surface area (Å²) < 4.78 is 11.2. The van der Waals surface area contributed by atoms with E-state index in [0.717, 1.165) is 42.0 Å². The van der Waals surface area contributed by atoms with Crippen LogP contribution in [-0.4, -0.2) is 23.9 Å². The van der Waals surface area contributed by atoms with E-state index in [-0.39, 0.29) is 6.10 Å². The Balaban J connectivity index is 1.90. The van der Waals surface area contributed by atoms with E-state index in [1.54, 1.807) is 6.07 Å². The Bertz CT molecular complexity index is 852. The van der Waals surface area contributed by atoms with Gasteiger partial charge in [0, 0.05) is 34.9 Å². The van der Waals surface area contributed by atoms with Gasteiger partial charge in [-0.05, 0) is 56.0 Å². The van der Waals surface area contributed by atoms with E-state index in [1.807, 2.05) is 30.3 Å². The number of ether oxygens (including phenoxy) is 2. The fourth-order valence-electron chi connectivity index (χ4n) is 3.35. The van der Waals surface area contributed by atoms with Crippen LogP contribution in [0.25, 0.3) is 0 Å². The maximum absolute atomic E-state index is 11.0. The topological polar surface area (TPSA) is 59.0 Å². The molecule has 1 atom stereocenters. The molecule has 0 amide bonds. The summed E-state index contributed by atoms with van der Waals surface area (Å²) in [6.45, 7) is 7.82.